The van der Waals surface area contributed by atoms with E-state index >= 15 is 0 Å². The van der Waals surface area contributed by atoms with Gasteiger partial charge in [0, 0.05) is 13.1 Å². The summed E-state index contributed by atoms with van der Waals surface area (Å²) in [5.41, 5.74) is 1.73. The smallest absolute Gasteiger partial charge is 0.240 e. The average Bonchev–Trinajstić information content (AvgIpc) is 2.46. The Bertz CT molecular complexity index is 381. The van der Waals surface area contributed by atoms with E-state index in [4.69, 9.17) is 0 Å². The molecule has 0 saturated carbocycles. The fourth-order valence-corrected chi connectivity index (χ4v) is 3.33. The quantitative estimate of drug-likeness (QED) is 0.788. The van der Waals surface area contributed by atoms with Crippen LogP contribution in [-0.2, 0) is 4.79 Å². The van der Waals surface area contributed by atoms with Crippen molar-refractivity contribution in [2.24, 2.45) is 11.3 Å². The fourth-order valence-electron chi connectivity index (χ4n) is 3.33. The molecule has 20 heavy (non-hydrogen) atoms. The zero-order chi connectivity index (χ0) is 14.8. The van der Waals surface area contributed by atoms with Crippen LogP contribution in [0.1, 0.15) is 53.4 Å². The first-order chi connectivity index (χ1) is 9.41. The molecule has 1 N–H and O–H groups in total. The van der Waals surface area contributed by atoms with Crippen molar-refractivity contribution in [3.05, 3.63) is 11.6 Å². The van der Waals surface area contributed by atoms with Gasteiger partial charge >= 0.3 is 0 Å². The van der Waals surface area contributed by atoms with Crippen LogP contribution in [0.2, 0.25) is 0 Å². The molecule has 0 aromatic rings. The van der Waals surface area contributed by atoms with Gasteiger partial charge in [0.15, 0.2) is 0 Å². The molecule has 0 radical (unpaired) electrons. The Morgan fingerprint density at radius 3 is 2.75 bits per heavy atom. The maximum atomic E-state index is 12.6. The van der Waals surface area contributed by atoms with Gasteiger partial charge in [0.1, 0.15) is 0 Å². The highest BCUT2D eigenvalue weighted by atomic mass is 16.2. The first kappa shape index (κ1) is 15.6. The second-order valence-corrected chi connectivity index (χ2v) is 7.32. The van der Waals surface area contributed by atoms with Crippen LogP contribution in [0.25, 0.3) is 0 Å². The number of nitrogens with zero attached hydrogens (tertiary/aromatic N) is 1. The van der Waals surface area contributed by atoms with E-state index in [1.165, 1.54) is 18.4 Å². The predicted molar refractivity (Wildman–Crippen MR) is 83.5 cm³/mol. The third-order valence-corrected chi connectivity index (χ3v) is 4.87. The van der Waals surface area contributed by atoms with Gasteiger partial charge in [-0.05, 0) is 37.1 Å². The van der Waals surface area contributed by atoms with Gasteiger partial charge in [-0.2, -0.15) is 0 Å². The van der Waals surface area contributed by atoms with Crippen LogP contribution < -0.4 is 5.32 Å². The van der Waals surface area contributed by atoms with Gasteiger partial charge in [-0.15, -0.1) is 0 Å². The molecule has 1 fully saturated rings. The van der Waals surface area contributed by atoms with E-state index in [2.05, 4.69) is 39.1 Å². The molecule has 2 aliphatic rings. The van der Waals surface area contributed by atoms with E-state index in [1.54, 1.807) is 0 Å². The van der Waals surface area contributed by atoms with Gasteiger partial charge in [-0.25, -0.2) is 0 Å². The van der Waals surface area contributed by atoms with Gasteiger partial charge in [0.2, 0.25) is 5.91 Å². The van der Waals surface area contributed by atoms with Crippen molar-refractivity contribution in [3.8, 4) is 0 Å². The lowest BCUT2D eigenvalue weighted by molar-refractivity contribution is -0.134. The molecular weight excluding hydrogens is 248 g/mol. The molecule has 0 aromatic carbocycles. The Morgan fingerprint density at radius 2 is 2.20 bits per heavy atom. The number of rotatable bonds is 2. The van der Waals surface area contributed by atoms with E-state index in [9.17, 15) is 4.79 Å². The van der Waals surface area contributed by atoms with Crippen LogP contribution in [0.5, 0.6) is 0 Å². The summed E-state index contributed by atoms with van der Waals surface area (Å²) in [4.78, 5) is 14.6. The third kappa shape index (κ3) is 3.63. The molecule has 1 amide bonds. The Balaban J connectivity index is 1.93. The van der Waals surface area contributed by atoms with Crippen molar-refractivity contribution in [2.75, 3.05) is 19.6 Å². The molecule has 0 bridgehead atoms. The van der Waals surface area contributed by atoms with E-state index in [-0.39, 0.29) is 11.5 Å². The van der Waals surface area contributed by atoms with Crippen molar-refractivity contribution >= 4 is 5.91 Å². The van der Waals surface area contributed by atoms with Gasteiger partial charge in [-0.1, -0.05) is 45.8 Å². The summed E-state index contributed by atoms with van der Waals surface area (Å²) in [6, 6.07) is 0.0540. The first-order valence-electron chi connectivity index (χ1n) is 8.13. The Morgan fingerprint density at radius 1 is 1.45 bits per heavy atom. The SMILES string of the molecule is CCC1CCNC(C(=O)N2CC=C(C(C)(C)C)CC2)C1. The highest BCUT2D eigenvalue weighted by Gasteiger charge is 2.31. The molecule has 2 atom stereocenters. The molecule has 0 aliphatic carbocycles. The predicted octanol–water partition coefficient (Wildman–Crippen LogP) is 2.97. The Kier molecular flexibility index (Phi) is 4.90. The number of hydrogen-bond acceptors (Lipinski definition) is 2. The largest absolute Gasteiger partial charge is 0.337 e. The fraction of sp³-hybridized carbons (Fsp3) is 0.824. The topological polar surface area (TPSA) is 32.3 Å². The summed E-state index contributed by atoms with van der Waals surface area (Å²) in [5, 5.41) is 3.41. The second kappa shape index (κ2) is 6.30. The summed E-state index contributed by atoms with van der Waals surface area (Å²) in [6.07, 6.45) is 6.72. The molecule has 114 valence electrons. The minimum atomic E-state index is 0.0540. The first-order valence-corrected chi connectivity index (χ1v) is 8.13. The van der Waals surface area contributed by atoms with Crippen LogP contribution in [0.15, 0.2) is 11.6 Å². The van der Waals surface area contributed by atoms with Gasteiger partial charge in [0.25, 0.3) is 0 Å². The normalized spacial score (nSPS) is 28.2. The molecule has 3 nitrogen and oxygen atoms in total. The van der Waals surface area contributed by atoms with Crippen molar-refractivity contribution in [2.45, 2.75) is 59.4 Å². The molecule has 3 heteroatoms. The van der Waals surface area contributed by atoms with E-state index in [0.717, 1.165) is 38.4 Å². The van der Waals surface area contributed by atoms with Crippen molar-refractivity contribution < 1.29 is 4.79 Å². The lowest BCUT2D eigenvalue weighted by atomic mass is 9.82. The second-order valence-electron chi connectivity index (χ2n) is 7.32. The Labute approximate surface area is 123 Å². The number of nitrogens with one attached hydrogen (secondary N) is 1. The van der Waals surface area contributed by atoms with E-state index < -0.39 is 0 Å². The van der Waals surface area contributed by atoms with Gasteiger partial charge in [-0.3, -0.25) is 4.79 Å². The number of carbonyl (C=O) groups is 1. The van der Waals surface area contributed by atoms with E-state index in [0.29, 0.717) is 5.91 Å². The van der Waals surface area contributed by atoms with Gasteiger partial charge < -0.3 is 10.2 Å². The van der Waals surface area contributed by atoms with Gasteiger partial charge in [0.05, 0.1) is 6.04 Å². The molecule has 2 aliphatic heterocycles. The summed E-state index contributed by atoms with van der Waals surface area (Å²) in [7, 11) is 0. The maximum Gasteiger partial charge on any atom is 0.240 e. The van der Waals surface area contributed by atoms with Crippen LogP contribution in [-0.4, -0.2) is 36.5 Å². The number of piperidine rings is 1. The third-order valence-electron chi connectivity index (χ3n) is 4.87. The molecule has 1 saturated heterocycles. The van der Waals surface area contributed by atoms with Crippen LogP contribution >= 0.6 is 0 Å². The maximum absolute atomic E-state index is 12.6. The minimum Gasteiger partial charge on any atom is -0.337 e. The monoisotopic (exact) mass is 278 g/mol. The molecule has 0 aromatic heterocycles. The average molecular weight is 278 g/mol. The standard InChI is InChI=1S/C17H30N2O/c1-5-13-6-9-18-15(12-13)16(20)19-10-7-14(8-11-19)17(2,3)4/h7,13,15,18H,5-6,8-12H2,1-4H3. The molecule has 0 spiro atoms. The highest BCUT2D eigenvalue weighted by molar-refractivity contribution is 5.82. The lowest BCUT2D eigenvalue weighted by Gasteiger charge is -2.36. The number of amides is 1. The summed E-state index contributed by atoms with van der Waals surface area (Å²) in [6.45, 7) is 11.7. The lowest BCUT2D eigenvalue weighted by Crippen LogP contribution is -2.51. The van der Waals surface area contributed by atoms with Crippen LogP contribution in [0.3, 0.4) is 0 Å². The molecule has 2 unspecified atom stereocenters. The van der Waals surface area contributed by atoms with Crippen LogP contribution in [0.4, 0.5) is 0 Å². The highest BCUT2D eigenvalue weighted by Crippen LogP contribution is 2.30. The molecular formula is C17H30N2O. The van der Waals surface area contributed by atoms with Crippen molar-refractivity contribution in [1.29, 1.82) is 0 Å². The zero-order valence-electron chi connectivity index (χ0n) is 13.5. The van der Waals surface area contributed by atoms with Crippen LogP contribution in [0, 0.1) is 11.3 Å². The van der Waals surface area contributed by atoms with Crippen molar-refractivity contribution in [1.82, 2.24) is 10.2 Å². The van der Waals surface area contributed by atoms with Crippen molar-refractivity contribution in [3.63, 3.8) is 0 Å². The molecule has 2 rings (SSSR count). The van der Waals surface area contributed by atoms with E-state index in [1.807, 2.05) is 4.90 Å². The number of hydrogen-bond donors (Lipinski definition) is 1. The zero-order valence-corrected chi connectivity index (χ0v) is 13.5. The summed E-state index contributed by atoms with van der Waals surface area (Å²) < 4.78 is 0. The Hall–Kier alpha value is -0.830. The molecule has 2 heterocycles. The minimum absolute atomic E-state index is 0.0540. The number of carbonyl (C=O) groups excluding carboxylic acids is 1. The summed E-state index contributed by atoms with van der Waals surface area (Å²) in [5.74, 6) is 1.03. The summed E-state index contributed by atoms with van der Waals surface area (Å²) >= 11 is 0.